The monoisotopic (exact) mass is 736 g/mol. The standard InChI is InChI=1S/C49H85NO3/c1-3-5-7-9-11-13-15-17-19-20-21-22-23-24-25-26-27-28-29-30-31-33-35-37-39-41-43-45-49(53)50-47(46-51)48(52)44-42-40-38-36-34-32-18-16-14-12-10-8-6-4-2/h5,7,11,13-14,16-17,19,21-22,34,36,42,44,47-48,51-52H,3-4,6,8-10,12,15,18,20,23-33,35,37-41,43,45-46H2,1-2H3,(H,50,53)/b7-5-,13-11-,16-14+,19-17-,22-21-,36-34+,44-42+. The Morgan fingerprint density at radius 1 is 0.472 bits per heavy atom. The third-order valence-corrected chi connectivity index (χ3v) is 9.59. The van der Waals surface area contributed by atoms with Gasteiger partial charge in [-0.3, -0.25) is 4.79 Å². The van der Waals surface area contributed by atoms with Gasteiger partial charge < -0.3 is 15.5 Å². The molecule has 0 aliphatic heterocycles. The molecule has 0 rings (SSSR count). The third-order valence-electron chi connectivity index (χ3n) is 9.59. The van der Waals surface area contributed by atoms with E-state index in [0.29, 0.717) is 6.42 Å². The summed E-state index contributed by atoms with van der Waals surface area (Å²) in [5, 5.41) is 23.0. The lowest BCUT2D eigenvalue weighted by molar-refractivity contribution is -0.123. The van der Waals surface area contributed by atoms with E-state index >= 15 is 0 Å². The zero-order valence-electron chi connectivity index (χ0n) is 34.8. The Hall–Kier alpha value is -2.43. The van der Waals surface area contributed by atoms with E-state index in [1.807, 2.05) is 6.08 Å². The van der Waals surface area contributed by atoms with Gasteiger partial charge in [-0.05, 0) is 83.5 Å². The summed E-state index contributed by atoms with van der Waals surface area (Å²) >= 11 is 0. The van der Waals surface area contributed by atoms with E-state index in [1.54, 1.807) is 6.08 Å². The Labute approximate surface area is 329 Å². The molecule has 0 aliphatic carbocycles. The van der Waals surface area contributed by atoms with Crippen LogP contribution in [0, 0.1) is 0 Å². The molecule has 0 radical (unpaired) electrons. The van der Waals surface area contributed by atoms with Gasteiger partial charge in [-0.15, -0.1) is 0 Å². The van der Waals surface area contributed by atoms with Crippen molar-refractivity contribution < 1.29 is 15.0 Å². The van der Waals surface area contributed by atoms with Crippen LogP contribution in [0.3, 0.4) is 0 Å². The van der Waals surface area contributed by atoms with E-state index in [2.05, 4.69) is 92.1 Å². The molecule has 0 heterocycles. The van der Waals surface area contributed by atoms with E-state index < -0.39 is 12.1 Å². The van der Waals surface area contributed by atoms with Crippen molar-refractivity contribution in [3.05, 3.63) is 85.1 Å². The highest BCUT2D eigenvalue weighted by atomic mass is 16.3. The summed E-state index contributed by atoms with van der Waals surface area (Å²) in [5.74, 6) is -0.0831. The molecular weight excluding hydrogens is 651 g/mol. The van der Waals surface area contributed by atoms with Crippen LogP contribution in [0.2, 0.25) is 0 Å². The molecule has 0 aromatic rings. The topological polar surface area (TPSA) is 69.6 Å². The second-order valence-corrected chi connectivity index (χ2v) is 14.7. The number of hydrogen-bond acceptors (Lipinski definition) is 3. The molecule has 0 aromatic carbocycles. The molecule has 0 aromatic heterocycles. The number of nitrogens with one attached hydrogen (secondary N) is 1. The largest absolute Gasteiger partial charge is 0.394 e. The molecule has 2 atom stereocenters. The normalized spacial score (nSPS) is 13.8. The van der Waals surface area contributed by atoms with Crippen LogP contribution in [0.1, 0.15) is 200 Å². The van der Waals surface area contributed by atoms with Crippen LogP contribution < -0.4 is 5.32 Å². The lowest BCUT2D eigenvalue weighted by Gasteiger charge is -2.19. The summed E-state index contributed by atoms with van der Waals surface area (Å²) in [6.07, 6.45) is 64.1. The highest BCUT2D eigenvalue weighted by Gasteiger charge is 2.17. The van der Waals surface area contributed by atoms with Gasteiger partial charge in [0.05, 0.1) is 18.8 Å². The maximum Gasteiger partial charge on any atom is 0.220 e. The van der Waals surface area contributed by atoms with Crippen molar-refractivity contribution in [1.82, 2.24) is 5.32 Å². The minimum absolute atomic E-state index is 0.0831. The predicted molar refractivity (Wildman–Crippen MR) is 234 cm³/mol. The maximum absolute atomic E-state index is 12.4. The van der Waals surface area contributed by atoms with Crippen LogP contribution in [-0.2, 0) is 4.79 Å². The zero-order valence-corrected chi connectivity index (χ0v) is 34.8. The number of carbonyl (C=O) groups excluding carboxylic acids is 1. The highest BCUT2D eigenvalue weighted by Crippen LogP contribution is 2.14. The highest BCUT2D eigenvalue weighted by molar-refractivity contribution is 5.76. The van der Waals surface area contributed by atoms with Gasteiger partial charge in [0, 0.05) is 6.42 Å². The van der Waals surface area contributed by atoms with Gasteiger partial charge in [-0.1, -0.05) is 195 Å². The molecule has 53 heavy (non-hydrogen) atoms. The van der Waals surface area contributed by atoms with Crippen LogP contribution in [0.5, 0.6) is 0 Å². The number of carbonyl (C=O) groups is 1. The van der Waals surface area contributed by atoms with Crippen molar-refractivity contribution in [3.63, 3.8) is 0 Å². The number of hydrogen-bond donors (Lipinski definition) is 3. The number of allylic oxidation sites excluding steroid dienone is 13. The first-order valence-corrected chi connectivity index (χ1v) is 22.3. The van der Waals surface area contributed by atoms with Crippen LogP contribution in [0.15, 0.2) is 85.1 Å². The van der Waals surface area contributed by atoms with Crippen LogP contribution >= 0.6 is 0 Å². The van der Waals surface area contributed by atoms with E-state index in [0.717, 1.165) is 64.2 Å². The van der Waals surface area contributed by atoms with Gasteiger partial charge >= 0.3 is 0 Å². The molecular formula is C49H85NO3. The molecule has 0 bridgehead atoms. The van der Waals surface area contributed by atoms with Gasteiger partial charge in [0.15, 0.2) is 0 Å². The first-order valence-electron chi connectivity index (χ1n) is 22.3. The first kappa shape index (κ1) is 50.6. The van der Waals surface area contributed by atoms with E-state index in [9.17, 15) is 15.0 Å². The van der Waals surface area contributed by atoms with E-state index in [1.165, 1.54) is 116 Å². The lowest BCUT2D eigenvalue weighted by atomic mass is 10.0. The first-order chi connectivity index (χ1) is 26.2. The Bertz CT molecular complexity index is 972. The van der Waals surface area contributed by atoms with Crippen molar-refractivity contribution in [2.75, 3.05) is 6.61 Å². The molecule has 0 aliphatic rings. The molecule has 0 fully saturated rings. The van der Waals surface area contributed by atoms with Crippen molar-refractivity contribution >= 4 is 5.91 Å². The summed E-state index contributed by atoms with van der Waals surface area (Å²) in [6.45, 7) is 4.15. The minimum Gasteiger partial charge on any atom is -0.394 e. The predicted octanol–water partition coefficient (Wildman–Crippen LogP) is 14.1. The van der Waals surface area contributed by atoms with Gasteiger partial charge in [0.2, 0.25) is 5.91 Å². The van der Waals surface area contributed by atoms with Crippen LogP contribution in [0.25, 0.3) is 0 Å². The third kappa shape index (κ3) is 40.6. The fraction of sp³-hybridized carbons (Fsp3) is 0.694. The number of amides is 1. The average Bonchev–Trinajstić information content (AvgIpc) is 3.16. The maximum atomic E-state index is 12.4. The smallest absolute Gasteiger partial charge is 0.220 e. The van der Waals surface area contributed by atoms with Gasteiger partial charge in [-0.2, -0.15) is 0 Å². The Morgan fingerprint density at radius 2 is 0.849 bits per heavy atom. The Morgan fingerprint density at radius 3 is 1.32 bits per heavy atom. The second-order valence-electron chi connectivity index (χ2n) is 14.7. The summed E-state index contributed by atoms with van der Waals surface area (Å²) in [6, 6.07) is -0.648. The molecule has 0 spiro atoms. The van der Waals surface area contributed by atoms with Crippen molar-refractivity contribution in [2.24, 2.45) is 0 Å². The summed E-state index contributed by atoms with van der Waals surface area (Å²) in [5.41, 5.74) is 0. The Balaban J connectivity index is 3.59. The van der Waals surface area contributed by atoms with Gasteiger partial charge in [-0.25, -0.2) is 0 Å². The number of aliphatic hydroxyl groups is 2. The van der Waals surface area contributed by atoms with Crippen molar-refractivity contribution in [2.45, 2.75) is 212 Å². The van der Waals surface area contributed by atoms with Crippen molar-refractivity contribution in [1.29, 1.82) is 0 Å². The Kier molecular flexibility index (Phi) is 42.0. The fourth-order valence-corrected chi connectivity index (χ4v) is 6.20. The zero-order chi connectivity index (χ0) is 38.6. The molecule has 3 N–H and O–H groups in total. The van der Waals surface area contributed by atoms with Crippen LogP contribution in [-0.4, -0.2) is 34.9 Å². The molecule has 0 saturated carbocycles. The number of rotatable bonds is 39. The lowest BCUT2D eigenvalue weighted by Crippen LogP contribution is -2.45. The SMILES string of the molecule is CC/C=C\C/C=C\C/C=C\C/C=C\CCCCCCCCCCCCCCCCC(=O)NC(CO)C(O)/C=C/CC/C=C/CC/C=C/CCCCCC. The van der Waals surface area contributed by atoms with Crippen molar-refractivity contribution in [3.8, 4) is 0 Å². The minimum atomic E-state index is -0.873. The van der Waals surface area contributed by atoms with Crippen LogP contribution in [0.4, 0.5) is 0 Å². The molecule has 0 saturated heterocycles. The quantitative estimate of drug-likeness (QED) is 0.0435. The second kappa shape index (κ2) is 44.0. The van der Waals surface area contributed by atoms with Gasteiger partial charge in [0.1, 0.15) is 0 Å². The summed E-state index contributed by atoms with van der Waals surface area (Å²) in [7, 11) is 0. The molecule has 2 unspecified atom stereocenters. The van der Waals surface area contributed by atoms with Gasteiger partial charge in [0.25, 0.3) is 0 Å². The average molecular weight is 736 g/mol. The fourth-order valence-electron chi connectivity index (χ4n) is 6.20. The molecule has 304 valence electrons. The number of unbranched alkanes of at least 4 members (excludes halogenated alkanes) is 20. The summed E-state index contributed by atoms with van der Waals surface area (Å²) < 4.78 is 0. The van der Waals surface area contributed by atoms with E-state index in [4.69, 9.17) is 0 Å². The van der Waals surface area contributed by atoms with E-state index in [-0.39, 0.29) is 12.5 Å². The number of aliphatic hydroxyl groups excluding tert-OH is 2. The summed E-state index contributed by atoms with van der Waals surface area (Å²) in [4.78, 5) is 12.4. The molecule has 4 nitrogen and oxygen atoms in total. The molecule has 4 heteroatoms. The molecule has 1 amide bonds.